The van der Waals surface area contributed by atoms with Gasteiger partial charge in [0, 0.05) is 33.2 Å². The number of carbonyl (C=O) groups is 2. The molecule has 1 atom stereocenters. The van der Waals surface area contributed by atoms with Crippen molar-refractivity contribution < 1.29 is 14.7 Å². The van der Waals surface area contributed by atoms with Crippen molar-refractivity contribution in [3.63, 3.8) is 0 Å². The van der Waals surface area contributed by atoms with Gasteiger partial charge in [-0.05, 0) is 6.92 Å². The quantitative estimate of drug-likeness (QED) is 0.626. The van der Waals surface area contributed by atoms with Crippen LogP contribution in [-0.4, -0.2) is 72.6 Å². The number of aliphatic hydroxyl groups excluding tert-OH is 1. The monoisotopic (exact) mass is 243 g/mol. The second-order valence-corrected chi connectivity index (χ2v) is 4.17. The highest BCUT2D eigenvalue weighted by Crippen LogP contribution is 2.06. The number of aliphatic hydroxyl groups is 1. The van der Waals surface area contributed by atoms with Gasteiger partial charge in [0.1, 0.15) is 0 Å². The van der Waals surface area contributed by atoms with E-state index in [1.807, 2.05) is 6.92 Å². The van der Waals surface area contributed by atoms with Gasteiger partial charge in [0.2, 0.25) is 11.8 Å². The zero-order valence-electron chi connectivity index (χ0n) is 10.5. The third-order valence-electron chi connectivity index (χ3n) is 3.00. The van der Waals surface area contributed by atoms with Gasteiger partial charge in [-0.1, -0.05) is 0 Å². The van der Waals surface area contributed by atoms with Crippen LogP contribution in [0.4, 0.5) is 0 Å². The smallest absolute Gasteiger partial charge is 0.240 e. The predicted octanol–water partition coefficient (Wildman–Crippen LogP) is -1.35. The van der Waals surface area contributed by atoms with E-state index in [1.165, 1.54) is 4.90 Å². The Hall–Kier alpha value is -1.14. The minimum Gasteiger partial charge on any atom is -0.395 e. The molecule has 98 valence electrons. The van der Waals surface area contributed by atoms with E-state index in [4.69, 9.17) is 5.11 Å². The van der Waals surface area contributed by atoms with Crippen molar-refractivity contribution in [3.8, 4) is 0 Å². The summed E-state index contributed by atoms with van der Waals surface area (Å²) < 4.78 is 0. The Morgan fingerprint density at radius 1 is 1.65 bits per heavy atom. The van der Waals surface area contributed by atoms with Crippen molar-refractivity contribution in [1.82, 2.24) is 15.1 Å². The van der Waals surface area contributed by atoms with Gasteiger partial charge >= 0.3 is 0 Å². The number of piperazine rings is 1. The van der Waals surface area contributed by atoms with E-state index < -0.39 is 6.04 Å². The van der Waals surface area contributed by atoms with Crippen molar-refractivity contribution >= 4 is 11.8 Å². The van der Waals surface area contributed by atoms with E-state index in [0.717, 1.165) is 6.54 Å². The van der Waals surface area contributed by atoms with Crippen LogP contribution < -0.4 is 5.32 Å². The van der Waals surface area contributed by atoms with Crippen LogP contribution in [0.25, 0.3) is 0 Å². The molecule has 2 amide bonds. The Balaban J connectivity index is 2.50. The lowest BCUT2D eigenvalue weighted by atomic mass is 10.1. The summed E-state index contributed by atoms with van der Waals surface area (Å²) in [5.41, 5.74) is 0. The molecule has 6 nitrogen and oxygen atoms in total. The second-order valence-electron chi connectivity index (χ2n) is 4.17. The third-order valence-corrected chi connectivity index (χ3v) is 3.00. The first kappa shape index (κ1) is 13.9. The molecular weight excluding hydrogens is 222 g/mol. The van der Waals surface area contributed by atoms with Crippen molar-refractivity contribution in [2.45, 2.75) is 19.4 Å². The summed E-state index contributed by atoms with van der Waals surface area (Å²) in [4.78, 5) is 26.9. The molecule has 0 spiro atoms. The summed E-state index contributed by atoms with van der Waals surface area (Å²) in [6.45, 7) is 4.28. The summed E-state index contributed by atoms with van der Waals surface area (Å²) in [6.07, 6.45) is 0.159. The summed E-state index contributed by atoms with van der Waals surface area (Å²) in [7, 11) is 1.63. The van der Waals surface area contributed by atoms with E-state index in [-0.39, 0.29) is 24.8 Å². The molecule has 1 unspecified atom stereocenters. The summed E-state index contributed by atoms with van der Waals surface area (Å²) in [6, 6.07) is -0.419. The summed E-state index contributed by atoms with van der Waals surface area (Å²) in [5.74, 6) is -0.132. The van der Waals surface area contributed by atoms with E-state index in [1.54, 1.807) is 11.9 Å². The molecule has 2 N–H and O–H groups in total. The summed E-state index contributed by atoms with van der Waals surface area (Å²) in [5, 5.41) is 11.8. The normalized spacial score (nSPS) is 20.5. The number of rotatable bonds is 5. The fraction of sp³-hybridized carbons (Fsp3) is 0.818. The van der Waals surface area contributed by atoms with Crippen molar-refractivity contribution in [1.29, 1.82) is 0 Å². The van der Waals surface area contributed by atoms with Crippen LogP contribution in [0.5, 0.6) is 0 Å². The molecule has 1 heterocycles. The average molecular weight is 243 g/mol. The minimum atomic E-state index is -0.419. The second kappa shape index (κ2) is 6.56. The average Bonchev–Trinajstić information content (AvgIpc) is 2.32. The fourth-order valence-electron chi connectivity index (χ4n) is 1.87. The number of hydrogen-bond acceptors (Lipinski definition) is 4. The molecule has 6 heteroatoms. The fourth-order valence-corrected chi connectivity index (χ4v) is 1.87. The van der Waals surface area contributed by atoms with Crippen molar-refractivity contribution in [2.75, 3.05) is 39.8 Å². The van der Waals surface area contributed by atoms with Crippen molar-refractivity contribution in [3.05, 3.63) is 0 Å². The third kappa shape index (κ3) is 3.67. The summed E-state index contributed by atoms with van der Waals surface area (Å²) >= 11 is 0. The van der Waals surface area contributed by atoms with Gasteiger partial charge in [-0.2, -0.15) is 0 Å². The van der Waals surface area contributed by atoms with Crippen molar-refractivity contribution in [2.24, 2.45) is 0 Å². The van der Waals surface area contributed by atoms with Gasteiger partial charge in [-0.3, -0.25) is 9.59 Å². The molecule has 0 aromatic carbocycles. The maximum Gasteiger partial charge on any atom is 0.240 e. The highest BCUT2D eigenvalue weighted by Gasteiger charge is 2.29. The molecule has 0 aliphatic carbocycles. The largest absolute Gasteiger partial charge is 0.395 e. The lowest BCUT2D eigenvalue weighted by Gasteiger charge is -2.32. The Morgan fingerprint density at radius 2 is 2.35 bits per heavy atom. The molecule has 1 rings (SSSR count). The number of nitrogens with zero attached hydrogens (tertiary/aromatic N) is 2. The number of nitrogens with one attached hydrogen (secondary N) is 1. The SMILES string of the molecule is CCN1CCNC(CC(=O)N(C)CCO)C1=O. The molecule has 1 aliphatic rings. The van der Waals surface area contributed by atoms with E-state index >= 15 is 0 Å². The highest BCUT2D eigenvalue weighted by molar-refractivity contribution is 5.88. The van der Waals surface area contributed by atoms with Gasteiger partial charge in [0.05, 0.1) is 19.1 Å². The molecule has 0 saturated carbocycles. The van der Waals surface area contributed by atoms with Gasteiger partial charge in [0.15, 0.2) is 0 Å². The zero-order valence-corrected chi connectivity index (χ0v) is 10.5. The van der Waals surface area contributed by atoms with Gasteiger partial charge in [-0.15, -0.1) is 0 Å². The van der Waals surface area contributed by atoms with E-state index in [2.05, 4.69) is 5.32 Å². The standard InChI is InChI=1S/C11H21N3O3/c1-3-14-5-4-12-9(11(14)17)8-10(16)13(2)6-7-15/h9,12,15H,3-8H2,1-2H3. The predicted molar refractivity (Wildman–Crippen MR) is 63.4 cm³/mol. The Bertz CT molecular complexity index is 283. The molecule has 0 aromatic heterocycles. The number of carbonyl (C=O) groups excluding carboxylic acids is 2. The maximum atomic E-state index is 11.9. The Labute approximate surface area is 102 Å². The Kier molecular flexibility index (Phi) is 5.37. The van der Waals surface area contributed by atoms with Crippen LogP contribution in [0.2, 0.25) is 0 Å². The number of amides is 2. The molecule has 0 bridgehead atoms. The maximum absolute atomic E-state index is 11.9. The van der Waals surface area contributed by atoms with Crippen LogP contribution in [0.15, 0.2) is 0 Å². The number of likely N-dealkylation sites (N-methyl/N-ethyl adjacent to an activating group) is 2. The van der Waals surface area contributed by atoms with Crippen LogP contribution in [0.3, 0.4) is 0 Å². The van der Waals surface area contributed by atoms with Gasteiger partial charge in [0.25, 0.3) is 0 Å². The van der Waals surface area contributed by atoms with Crippen LogP contribution >= 0.6 is 0 Å². The molecule has 1 saturated heterocycles. The lowest BCUT2D eigenvalue weighted by molar-refractivity contribution is -0.140. The topological polar surface area (TPSA) is 72.9 Å². The lowest BCUT2D eigenvalue weighted by Crippen LogP contribution is -2.56. The van der Waals surface area contributed by atoms with Crippen LogP contribution in [-0.2, 0) is 9.59 Å². The number of hydrogen-bond donors (Lipinski definition) is 2. The Morgan fingerprint density at radius 3 is 2.94 bits per heavy atom. The molecule has 1 aliphatic heterocycles. The van der Waals surface area contributed by atoms with E-state index in [0.29, 0.717) is 19.6 Å². The zero-order chi connectivity index (χ0) is 12.8. The molecule has 1 fully saturated rings. The van der Waals surface area contributed by atoms with E-state index in [9.17, 15) is 9.59 Å². The van der Waals surface area contributed by atoms with Crippen LogP contribution in [0.1, 0.15) is 13.3 Å². The van der Waals surface area contributed by atoms with Gasteiger partial charge < -0.3 is 20.2 Å². The first-order chi connectivity index (χ1) is 8.10. The molecule has 17 heavy (non-hydrogen) atoms. The molecule has 0 radical (unpaired) electrons. The first-order valence-corrected chi connectivity index (χ1v) is 5.97. The van der Waals surface area contributed by atoms with Crippen LogP contribution in [0, 0.1) is 0 Å². The molecule has 0 aromatic rings. The molecular formula is C11H21N3O3. The van der Waals surface area contributed by atoms with Gasteiger partial charge in [-0.25, -0.2) is 0 Å². The minimum absolute atomic E-state index is 0.00972. The first-order valence-electron chi connectivity index (χ1n) is 5.97. The highest BCUT2D eigenvalue weighted by atomic mass is 16.3.